The lowest BCUT2D eigenvalue weighted by atomic mass is 10.1. The van der Waals surface area contributed by atoms with Crippen molar-refractivity contribution in [1.29, 1.82) is 10.5 Å². The molecule has 0 bridgehead atoms. The quantitative estimate of drug-likeness (QED) is 0.123. The van der Waals surface area contributed by atoms with Gasteiger partial charge in [-0.05, 0) is 126 Å². The minimum atomic E-state index is -0.621. The van der Waals surface area contributed by atoms with Crippen LogP contribution in [0.4, 0.5) is 18.4 Å². The molecule has 60 heavy (non-hydrogen) atoms. The van der Waals surface area contributed by atoms with E-state index in [-0.39, 0.29) is 29.1 Å². The zero-order valence-corrected chi connectivity index (χ0v) is 36.5. The molecule has 10 nitrogen and oxygen atoms in total. The molecule has 0 spiro atoms. The second-order valence-corrected chi connectivity index (χ2v) is 17.2. The minimum absolute atomic E-state index is 0.0265. The van der Waals surface area contributed by atoms with Crippen molar-refractivity contribution in [3.8, 4) is 35.1 Å². The van der Waals surface area contributed by atoms with Gasteiger partial charge in [0.2, 0.25) is 0 Å². The Labute approximate surface area is 354 Å². The van der Waals surface area contributed by atoms with Crippen LogP contribution in [0.15, 0.2) is 84.9 Å². The van der Waals surface area contributed by atoms with Gasteiger partial charge in [-0.25, -0.2) is 18.4 Å². The largest absolute Gasteiger partial charge is 0.457 e. The standard InChI is InChI=1S/2C24H29FN2O3/c1-17(2)12-13-27(23(28)30-24(3,4)5)16-18-6-10-21(11-7-18)29-22-14-20(25)9-8-19(22)15-26;1-17(2)12-13-27(23(28)30-24(3,4)5)16-18-6-9-20(10-7-18)29-21-11-8-19(15-26)22(25)14-21/h2*6-11,14,17H,12-13,16H2,1-5H3. The molecule has 0 aliphatic carbocycles. The number of amides is 2. The van der Waals surface area contributed by atoms with Crippen molar-refractivity contribution in [2.24, 2.45) is 11.8 Å². The maximum absolute atomic E-state index is 13.7. The first-order valence-corrected chi connectivity index (χ1v) is 20.0. The van der Waals surface area contributed by atoms with Gasteiger partial charge in [0.15, 0.2) is 0 Å². The molecule has 0 unspecified atom stereocenters. The lowest BCUT2D eigenvalue weighted by molar-refractivity contribution is 0.0215. The predicted octanol–water partition coefficient (Wildman–Crippen LogP) is 12.5. The first kappa shape index (κ1) is 48.2. The Morgan fingerprint density at radius 3 is 1.42 bits per heavy atom. The summed E-state index contributed by atoms with van der Waals surface area (Å²) in [6, 6.07) is 26.1. The fraction of sp³-hybridized carbons (Fsp3) is 0.417. The van der Waals surface area contributed by atoms with Crippen molar-refractivity contribution in [2.45, 2.75) is 106 Å². The normalized spacial score (nSPS) is 11.1. The first-order valence-electron chi connectivity index (χ1n) is 20.0. The third-order valence-electron chi connectivity index (χ3n) is 8.44. The summed E-state index contributed by atoms with van der Waals surface area (Å²) in [4.78, 5) is 28.6. The number of ether oxygens (including phenoxy) is 4. The van der Waals surface area contributed by atoms with Crippen LogP contribution in [0.5, 0.6) is 23.0 Å². The molecule has 0 N–H and O–H groups in total. The summed E-state index contributed by atoms with van der Waals surface area (Å²) in [7, 11) is 0. The van der Waals surface area contributed by atoms with Gasteiger partial charge in [0.1, 0.15) is 58.0 Å². The number of nitriles is 2. The third kappa shape index (κ3) is 17.4. The molecule has 0 radical (unpaired) electrons. The monoisotopic (exact) mass is 824 g/mol. The maximum Gasteiger partial charge on any atom is 0.410 e. The Morgan fingerprint density at radius 2 is 1.02 bits per heavy atom. The zero-order chi connectivity index (χ0) is 44.6. The number of hydrogen-bond acceptors (Lipinski definition) is 8. The number of hydrogen-bond donors (Lipinski definition) is 0. The summed E-state index contributed by atoms with van der Waals surface area (Å²) in [5.74, 6) is 1.33. The van der Waals surface area contributed by atoms with E-state index in [0.29, 0.717) is 55.3 Å². The highest BCUT2D eigenvalue weighted by atomic mass is 19.1. The summed E-state index contributed by atoms with van der Waals surface area (Å²) in [6.45, 7) is 21.6. The summed E-state index contributed by atoms with van der Waals surface area (Å²) in [5.41, 5.74) is 0.960. The van der Waals surface area contributed by atoms with Crippen molar-refractivity contribution in [1.82, 2.24) is 9.80 Å². The molecule has 4 aromatic rings. The zero-order valence-electron chi connectivity index (χ0n) is 36.5. The molecule has 0 saturated carbocycles. The van der Waals surface area contributed by atoms with Gasteiger partial charge in [-0.15, -0.1) is 0 Å². The van der Waals surface area contributed by atoms with Crippen LogP contribution in [-0.4, -0.2) is 46.3 Å². The molecule has 0 fully saturated rings. The molecular formula is C48H58F2N4O6. The second-order valence-electron chi connectivity index (χ2n) is 17.2. The smallest absolute Gasteiger partial charge is 0.410 e. The number of carbonyl (C=O) groups excluding carboxylic acids is 2. The molecule has 4 aromatic carbocycles. The Balaban J connectivity index is 0.000000320. The van der Waals surface area contributed by atoms with Crippen LogP contribution >= 0.6 is 0 Å². The molecule has 0 heterocycles. The van der Waals surface area contributed by atoms with E-state index < -0.39 is 22.8 Å². The highest BCUT2D eigenvalue weighted by Crippen LogP contribution is 2.28. The van der Waals surface area contributed by atoms with Gasteiger partial charge in [-0.1, -0.05) is 52.0 Å². The van der Waals surface area contributed by atoms with E-state index >= 15 is 0 Å². The van der Waals surface area contributed by atoms with E-state index in [1.807, 2.05) is 71.9 Å². The van der Waals surface area contributed by atoms with E-state index in [2.05, 4.69) is 27.7 Å². The summed E-state index contributed by atoms with van der Waals surface area (Å²) < 4.78 is 49.6. The van der Waals surface area contributed by atoms with Crippen molar-refractivity contribution in [3.63, 3.8) is 0 Å². The molecule has 0 atom stereocenters. The SMILES string of the molecule is CC(C)CCN(Cc1ccc(Oc2cc(F)ccc2C#N)cc1)C(=O)OC(C)(C)C.CC(C)CCN(Cc1ccc(Oc2ccc(C#N)c(F)c2)cc1)C(=O)OC(C)(C)C. The van der Waals surface area contributed by atoms with E-state index in [9.17, 15) is 18.4 Å². The van der Waals surface area contributed by atoms with E-state index in [0.717, 1.165) is 24.0 Å². The average molecular weight is 825 g/mol. The lowest BCUT2D eigenvalue weighted by Gasteiger charge is -2.28. The van der Waals surface area contributed by atoms with Crippen LogP contribution < -0.4 is 9.47 Å². The number of nitrogens with zero attached hydrogens (tertiary/aromatic N) is 4. The van der Waals surface area contributed by atoms with Crippen LogP contribution in [0.2, 0.25) is 0 Å². The van der Waals surface area contributed by atoms with Crippen molar-refractivity contribution < 1.29 is 37.3 Å². The number of rotatable bonds is 14. The van der Waals surface area contributed by atoms with E-state index in [1.165, 1.54) is 30.3 Å². The second kappa shape index (κ2) is 22.3. The van der Waals surface area contributed by atoms with Crippen LogP contribution in [-0.2, 0) is 22.6 Å². The van der Waals surface area contributed by atoms with Crippen molar-refractivity contribution >= 4 is 12.2 Å². The van der Waals surface area contributed by atoms with E-state index in [4.69, 9.17) is 29.5 Å². The fourth-order valence-corrected chi connectivity index (χ4v) is 5.30. The molecule has 320 valence electrons. The topological polar surface area (TPSA) is 125 Å². The van der Waals surface area contributed by atoms with Gasteiger partial charge in [0.25, 0.3) is 0 Å². The Kier molecular flexibility index (Phi) is 17.9. The fourth-order valence-electron chi connectivity index (χ4n) is 5.30. The van der Waals surface area contributed by atoms with Crippen LogP contribution in [0.1, 0.15) is 104 Å². The first-order chi connectivity index (χ1) is 28.1. The molecule has 2 amide bonds. The van der Waals surface area contributed by atoms with Gasteiger partial charge in [0, 0.05) is 38.3 Å². The molecule has 12 heteroatoms. The number of halogens is 2. The lowest BCUT2D eigenvalue weighted by Crippen LogP contribution is -2.37. The van der Waals surface area contributed by atoms with Crippen molar-refractivity contribution in [2.75, 3.05) is 13.1 Å². The average Bonchev–Trinajstić information content (AvgIpc) is 3.15. The Bertz CT molecular complexity index is 2090. The maximum atomic E-state index is 13.7. The van der Waals surface area contributed by atoms with Crippen molar-refractivity contribution in [3.05, 3.63) is 119 Å². The van der Waals surface area contributed by atoms with Gasteiger partial charge in [-0.2, -0.15) is 10.5 Å². The number of benzene rings is 4. The molecular weight excluding hydrogens is 767 g/mol. The third-order valence-corrected chi connectivity index (χ3v) is 8.44. The van der Waals surface area contributed by atoms with Gasteiger partial charge >= 0.3 is 12.2 Å². The van der Waals surface area contributed by atoms with Gasteiger partial charge in [-0.3, -0.25) is 0 Å². The molecule has 0 aromatic heterocycles. The summed E-state index contributed by atoms with van der Waals surface area (Å²) >= 11 is 0. The van der Waals surface area contributed by atoms with Crippen LogP contribution in [0.3, 0.4) is 0 Å². The highest BCUT2D eigenvalue weighted by molar-refractivity contribution is 5.68. The highest BCUT2D eigenvalue weighted by Gasteiger charge is 2.24. The molecule has 0 aliphatic rings. The summed E-state index contributed by atoms with van der Waals surface area (Å²) in [6.07, 6.45) is 1.07. The summed E-state index contributed by atoms with van der Waals surface area (Å²) in [5, 5.41) is 18.0. The molecule has 4 rings (SSSR count). The van der Waals surface area contributed by atoms with Crippen LogP contribution in [0, 0.1) is 46.1 Å². The van der Waals surface area contributed by atoms with E-state index in [1.54, 1.807) is 46.2 Å². The molecule has 0 aliphatic heterocycles. The Morgan fingerprint density at radius 1 is 0.600 bits per heavy atom. The van der Waals surface area contributed by atoms with Crippen LogP contribution in [0.25, 0.3) is 0 Å². The predicted molar refractivity (Wildman–Crippen MR) is 227 cm³/mol. The van der Waals surface area contributed by atoms with Gasteiger partial charge < -0.3 is 28.7 Å². The minimum Gasteiger partial charge on any atom is -0.457 e. The Hall–Kier alpha value is -6.14. The molecule has 0 saturated heterocycles. The van der Waals surface area contributed by atoms with Gasteiger partial charge in [0.05, 0.1) is 11.1 Å². The number of carbonyl (C=O) groups is 2.